The van der Waals surface area contributed by atoms with Crippen LogP contribution < -0.4 is 14.8 Å². The Morgan fingerprint density at radius 2 is 2.11 bits per heavy atom. The van der Waals surface area contributed by atoms with E-state index in [0.717, 1.165) is 11.6 Å². The Morgan fingerprint density at radius 1 is 1.36 bits per heavy atom. The predicted molar refractivity (Wildman–Crippen MR) is 103 cm³/mol. The van der Waals surface area contributed by atoms with Crippen LogP contribution in [0.25, 0.3) is 6.08 Å². The number of rotatable bonds is 7. The molecule has 0 aliphatic carbocycles. The number of carbonyl (C=O) groups is 1. The molecule has 0 aliphatic rings. The van der Waals surface area contributed by atoms with Crippen molar-refractivity contribution in [1.29, 1.82) is 5.26 Å². The second kappa shape index (κ2) is 9.72. The smallest absolute Gasteiger partial charge is 0.387 e. The van der Waals surface area contributed by atoms with Crippen molar-refractivity contribution in [1.82, 2.24) is 0 Å². The van der Waals surface area contributed by atoms with Gasteiger partial charge in [-0.2, -0.15) is 14.0 Å². The summed E-state index contributed by atoms with van der Waals surface area (Å²) in [5, 5.41) is 12.4. The molecule has 0 saturated carbocycles. The number of alkyl halides is 2. The zero-order valence-electron chi connectivity index (χ0n) is 15.1. The first-order valence-electron chi connectivity index (χ1n) is 8.25. The summed E-state index contributed by atoms with van der Waals surface area (Å²) in [4.78, 5) is 12.5. The summed E-state index contributed by atoms with van der Waals surface area (Å²) >= 11 is 5.93. The fourth-order valence-electron chi connectivity index (χ4n) is 2.35. The zero-order chi connectivity index (χ0) is 20.7. The van der Waals surface area contributed by atoms with Gasteiger partial charge in [-0.1, -0.05) is 29.8 Å². The maximum atomic E-state index is 12.8. The van der Waals surface area contributed by atoms with Crippen molar-refractivity contribution < 1.29 is 23.0 Å². The van der Waals surface area contributed by atoms with E-state index in [4.69, 9.17) is 16.3 Å². The number of anilines is 1. The quantitative estimate of drug-likeness (QED) is 0.507. The molecule has 0 unspecified atom stereocenters. The molecule has 0 saturated heterocycles. The maximum Gasteiger partial charge on any atom is 0.387 e. The molecule has 0 spiro atoms. The van der Waals surface area contributed by atoms with Crippen molar-refractivity contribution in [3.05, 3.63) is 58.1 Å². The van der Waals surface area contributed by atoms with Crippen molar-refractivity contribution in [2.45, 2.75) is 20.5 Å². The molecule has 0 radical (unpaired) electrons. The van der Waals surface area contributed by atoms with Gasteiger partial charge < -0.3 is 14.8 Å². The molecule has 146 valence electrons. The van der Waals surface area contributed by atoms with Gasteiger partial charge in [-0.05, 0) is 43.7 Å². The van der Waals surface area contributed by atoms with E-state index >= 15 is 0 Å². The van der Waals surface area contributed by atoms with Gasteiger partial charge in [0.15, 0.2) is 11.5 Å². The van der Waals surface area contributed by atoms with E-state index in [0.29, 0.717) is 10.7 Å². The van der Waals surface area contributed by atoms with Crippen molar-refractivity contribution in [2.24, 2.45) is 0 Å². The summed E-state index contributed by atoms with van der Waals surface area (Å²) in [7, 11) is 0. The normalized spacial score (nSPS) is 11.1. The van der Waals surface area contributed by atoms with Crippen molar-refractivity contribution in [3.63, 3.8) is 0 Å². The van der Waals surface area contributed by atoms with Crippen LogP contribution in [0.15, 0.2) is 42.0 Å². The lowest BCUT2D eigenvalue weighted by Gasteiger charge is -2.14. The lowest BCUT2D eigenvalue weighted by molar-refractivity contribution is -0.112. The van der Waals surface area contributed by atoms with Gasteiger partial charge >= 0.3 is 6.61 Å². The first-order valence-corrected chi connectivity index (χ1v) is 8.63. The Balaban J connectivity index is 2.40. The van der Waals surface area contributed by atoms with Crippen molar-refractivity contribution >= 4 is 29.3 Å². The predicted octanol–water partition coefficient (Wildman–Crippen LogP) is 5.19. The monoisotopic (exact) mass is 406 g/mol. The second-order valence-corrected chi connectivity index (χ2v) is 6.01. The Bertz CT molecular complexity index is 940. The summed E-state index contributed by atoms with van der Waals surface area (Å²) in [6.07, 6.45) is 1.16. The fraction of sp³-hybridized carbons (Fsp3) is 0.200. The largest absolute Gasteiger partial charge is 0.490 e. The Hall–Kier alpha value is -3.11. The molecular weight excluding hydrogens is 390 g/mol. The molecular formula is C20H17ClF2N2O3. The Kier molecular flexibility index (Phi) is 7.36. The standard InChI is InChI=1S/C20H17ClF2N2O3/c1-3-27-17-6-4-5-13(18(17)28-20(22)23)9-14(11-24)19(26)25-16-10-15(21)8-7-12(16)2/h4-10,20H,3H2,1-2H3,(H,25,26)/b14-9+. The fourth-order valence-corrected chi connectivity index (χ4v) is 2.53. The number of benzene rings is 2. The third-order valence-electron chi connectivity index (χ3n) is 3.63. The van der Waals surface area contributed by atoms with Crippen LogP contribution in [0.3, 0.4) is 0 Å². The molecule has 0 aliphatic heterocycles. The van der Waals surface area contributed by atoms with E-state index in [-0.39, 0.29) is 29.2 Å². The maximum absolute atomic E-state index is 12.8. The highest BCUT2D eigenvalue weighted by Crippen LogP contribution is 2.34. The molecule has 2 aromatic carbocycles. The third-order valence-corrected chi connectivity index (χ3v) is 3.86. The highest BCUT2D eigenvalue weighted by molar-refractivity contribution is 6.31. The zero-order valence-corrected chi connectivity index (χ0v) is 15.9. The molecule has 28 heavy (non-hydrogen) atoms. The summed E-state index contributed by atoms with van der Waals surface area (Å²) in [6, 6.07) is 11.1. The van der Waals surface area contributed by atoms with Crippen LogP contribution in [-0.4, -0.2) is 19.1 Å². The number of nitrogens with one attached hydrogen (secondary N) is 1. The number of hydrogen-bond acceptors (Lipinski definition) is 4. The van der Waals surface area contributed by atoms with Gasteiger partial charge in [-0.15, -0.1) is 0 Å². The summed E-state index contributed by atoms with van der Waals surface area (Å²) in [5.74, 6) is -0.878. The van der Waals surface area contributed by atoms with Gasteiger partial charge in [-0.3, -0.25) is 4.79 Å². The van der Waals surface area contributed by atoms with E-state index in [2.05, 4.69) is 10.1 Å². The third kappa shape index (κ3) is 5.44. The van der Waals surface area contributed by atoms with Gasteiger partial charge in [-0.25, -0.2) is 0 Å². The number of ether oxygens (including phenoxy) is 2. The average Bonchev–Trinajstić information content (AvgIpc) is 2.64. The topological polar surface area (TPSA) is 71.3 Å². The number of hydrogen-bond donors (Lipinski definition) is 1. The molecule has 0 bridgehead atoms. The van der Waals surface area contributed by atoms with Crippen LogP contribution in [-0.2, 0) is 4.79 Å². The number of halogens is 3. The SMILES string of the molecule is CCOc1cccc(/C=C(\C#N)C(=O)Nc2cc(Cl)ccc2C)c1OC(F)F. The van der Waals surface area contributed by atoms with Gasteiger partial charge in [0.05, 0.1) is 6.61 Å². The molecule has 1 amide bonds. The van der Waals surface area contributed by atoms with Gasteiger partial charge in [0.1, 0.15) is 11.6 Å². The van der Waals surface area contributed by atoms with Crippen molar-refractivity contribution in [3.8, 4) is 17.6 Å². The van der Waals surface area contributed by atoms with Crippen LogP contribution in [0, 0.1) is 18.3 Å². The first-order chi connectivity index (χ1) is 13.3. The summed E-state index contributed by atoms with van der Waals surface area (Å²) < 4.78 is 35.5. The van der Waals surface area contributed by atoms with E-state index in [1.165, 1.54) is 12.1 Å². The van der Waals surface area contributed by atoms with Gasteiger partial charge in [0.2, 0.25) is 0 Å². The first kappa shape index (κ1) is 21.2. The Morgan fingerprint density at radius 3 is 2.75 bits per heavy atom. The van der Waals surface area contributed by atoms with Crippen LogP contribution in [0.2, 0.25) is 5.02 Å². The molecule has 2 rings (SSSR count). The molecule has 5 nitrogen and oxygen atoms in total. The number of nitriles is 1. The van der Waals surface area contributed by atoms with E-state index in [9.17, 15) is 18.8 Å². The lowest BCUT2D eigenvalue weighted by Crippen LogP contribution is -2.14. The number of carbonyl (C=O) groups excluding carboxylic acids is 1. The lowest BCUT2D eigenvalue weighted by atomic mass is 10.1. The summed E-state index contributed by atoms with van der Waals surface area (Å²) in [5.41, 5.74) is 0.994. The van der Waals surface area contributed by atoms with E-state index < -0.39 is 12.5 Å². The van der Waals surface area contributed by atoms with Gasteiger partial charge in [0.25, 0.3) is 5.91 Å². The number of aryl methyl sites for hydroxylation is 1. The number of nitrogens with zero attached hydrogens (tertiary/aromatic N) is 1. The molecule has 1 N–H and O–H groups in total. The molecule has 8 heteroatoms. The summed E-state index contributed by atoms with van der Waals surface area (Å²) in [6.45, 7) is 0.590. The van der Waals surface area contributed by atoms with Gasteiger partial charge in [0, 0.05) is 16.3 Å². The molecule has 0 atom stereocenters. The second-order valence-electron chi connectivity index (χ2n) is 5.57. The Labute approximate surface area is 166 Å². The molecule has 0 heterocycles. The van der Waals surface area contributed by atoms with E-state index in [1.807, 2.05) is 0 Å². The molecule has 0 aromatic heterocycles. The minimum absolute atomic E-state index is 0.0833. The van der Waals surface area contributed by atoms with Crippen LogP contribution >= 0.6 is 11.6 Å². The number of amides is 1. The highest BCUT2D eigenvalue weighted by Gasteiger charge is 2.17. The van der Waals surface area contributed by atoms with Crippen LogP contribution in [0.1, 0.15) is 18.1 Å². The minimum Gasteiger partial charge on any atom is -0.490 e. The van der Waals surface area contributed by atoms with Crippen LogP contribution in [0.4, 0.5) is 14.5 Å². The molecule has 0 fully saturated rings. The van der Waals surface area contributed by atoms with E-state index in [1.54, 1.807) is 44.2 Å². The number of para-hydroxylation sites is 1. The highest BCUT2D eigenvalue weighted by atomic mass is 35.5. The minimum atomic E-state index is -3.10. The molecule has 2 aromatic rings. The van der Waals surface area contributed by atoms with Crippen molar-refractivity contribution in [2.75, 3.05) is 11.9 Å². The van der Waals surface area contributed by atoms with Crippen LogP contribution in [0.5, 0.6) is 11.5 Å². The average molecular weight is 407 g/mol.